The molecule has 0 radical (unpaired) electrons. The molecule has 0 aliphatic carbocycles. The van der Waals surface area contributed by atoms with Gasteiger partial charge in [-0.15, -0.1) is 0 Å². The molecule has 1 N–H and O–H groups in total. The summed E-state index contributed by atoms with van der Waals surface area (Å²) in [7, 11) is -2.69. The predicted octanol–water partition coefficient (Wildman–Crippen LogP) is 2.53. The minimum absolute atomic E-state index is 0.0305. The topological polar surface area (TPSA) is 104 Å². The van der Waals surface area contributed by atoms with Gasteiger partial charge in [0.2, 0.25) is 11.8 Å². The van der Waals surface area contributed by atoms with Crippen LogP contribution in [0.2, 0.25) is 0 Å². The van der Waals surface area contributed by atoms with Crippen LogP contribution in [-0.2, 0) is 32.6 Å². The van der Waals surface area contributed by atoms with Gasteiger partial charge in [0, 0.05) is 20.0 Å². The number of carbonyl (C=O) groups is 3. The molecule has 0 saturated carbocycles. The Labute approximate surface area is 210 Å². The number of aryl methyl sites for hydroxylation is 1. The molecule has 0 aromatic heterocycles. The maximum absolute atomic E-state index is 13.7. The normalized spacial score (nSPS) is 14.7. The van der Waals surface area contributed by atoms with Gasteiger partial charge in [-0.3, -0.25) is 14.4 Å². The maximum atomic E-state index is 13.7. The highest BCUT2D eigenvalue weighted by Crippen LogP contribution is 2.30. The fraction of sp³-hybridized carbons (Fsp3) is 0.222. The number of rotatable bonds is 8. The van der Waals surface area contributed by atoms with E-state index in [1.165, 1.54) is 30.1 Å². The number of benzene rings is 3. The molecule has 9 heteroatoms. The number of likely N-dealkylation sites (N-methyl/N-ethyl adjacent to an activating group) is 1. The van der Waals surface area contributed by atoms with Crippen LogP contribution in [0.3, 0.4) is 0 Å². The lowest BCUT2D eigenvalue weighted by molar-refractivity contribution is -0.141. The van der Waals surface area contributed by atoms with Crippen molar-refractivity contribution in [1.82, 2.24) is 14.5 Å². The van der Waals surface area contributed by atoms with Crippen LogP contribution in [0.1, 0.15) is 27.0 Å². The van der Waals surface area contributed by atoms with Crippen LogP contribution >= 0.6 is 0 Å². The van der Waals surface area contributed by atoms with Crippen LogP contribution in [0.25, 0.3) is 0 Å². The lowest BCUT2D eigenvalue weighted by Crippen LogP contribution is -2.52. The number of amides is 3. The third-order valence-corrected chi connectivity index (χ3v) is 8.10. The molecule has 3 aromatic rings. The van der Waals surface area contributed by atoms with Gasteiger partial charge in [0.05, 0.1) is 5.56 Å². The van der Waals surface area contributed by atoms with Gasteiger partial charge in [-0.05, 0) is 35.7 Å². The number of hydrogen-bond acceptors (Lipinski definition) is 5. The zero-order valence-electron chi connectivity index (χ0n) is 20.0. The first-order valence-corrected chi connectivity index (χ1v) is 12.9. The summed E-state index contributed by atoms with van der Waals surface area (Å²) in [6, 6.07) is 21.7. The van der Waals surface area contributed by atoms with E-state index >= 15 is 0 Å². The second kappa shape index (κ2) is 10.3. The summed E-state index contributed by atoms with van der Waals surface area (Å²) < 4.78 is 26.7. The Kier molecular flexibility index (Phi) is 7.21. The van der Waals surface area contributed by atoms with Gasteiger partial charge in [-0.25, -0.2) is 12.7 Å². The maximum Gasteiger partial charge on any atom is 0.269 e. The smallest absolute Gasteiger partial charge is 0.269 e. The molecule has 0 saturated heterocycles. The quantitative estimate of drug-likeness (QED) is 0.507. The highest BCUT2D eigenvalue weighted by atomic mass is 32.2. The molecule has 8 nitrogen and oxygen atoms in total. The van der Waals surface area contributed by atoms with Crippen molar-refractivity contribution in [3.8, 4) is 0 Å². The number of hydrogen-bond donors (Lipinski definition) is 1. The van der Waals surface area contributed by atoms with Gasteiger partial charge in [0.25, 0.3) is 15.9 Å². The highest BCUT2D eigenvalue weighted by molar-refractivity contribution is 7.90. The van der Waals surface area contributed by atoms with Crippen LogP contribution < -0.4 is 5.32 Å². The van der Waals surface area contributed by atoms with Crippen molar-refractivity contribution in [1.29, 1.82) is 0 Å². The zero-order valence-corrected chi connectivity index (χ0v) is 20.9. The SMILES string of the molecule is CNC(=O)[C@H](Cc1ccccc1)N(Cc1ccccc1C)C(=O)CN1C(=O)c2ccccc2S1(=O)=O. The molecule has 0 spiro atoms. The lowest BCUT2D eigenvalue weighted by atomic mass is 10.0. The third-order valence-electron chi connectivity index (χ3n) is 6.31. The second-order valence-corrected chi connectivity index (χ2v) is 10.4. The first-order chi connectivity index (χ1) is 17.2. The summed E-state index contributed by atoms with van der Waals surface area (Å²) in [5.74, 6) is -1.79. The van der Waals surface area contributed by atoms with Crippen LogP contribution in [-0.4, -0.2) is 55.0 Å². The Morgan fingerprint density at radius 2 is 1.58 bits per heavy atom. The van der Waals surface area contributed by atoms with Crippen molar-refractivity contribution in [2.45, 2.75) is 30.8 Å². The number of carbonyl (C=O) groups excluding carboxylic acids is 3. The Bertz CT molecular complexity index is 1410. The van der Waals surface area contributed by atoms with Crippen LogP contribution in [0.5, 0.6) is 0 Å². The van der Waals surface area contributed by atoms with Gasteiger partial charge < -0.3 is 10.2 Å². The fourth-order valence-electron chi connectivity index (χ4n) is 4.29. The molecule has 4 rings (SSSR count). The van der Waals surface area contributed by atoms with E-state index in [0.29, 0.717) is 4.31 Å². The number of fused-ring (bicyclic) bond motifs is 1. The van der Waals surface area contributed by atoms with E-state index in [2.05, 4.69) is 5.32 Å². The van der Waals surface area contributed by atoms with E-state index in [9.17, 15) is 22.8 Å². The van der Waals surface area contributed by atoms with E-state index in [1.807, 2.05) is 61.5 Å². The van der Waals surface area contributed by atoms with Gasteiger partial charge in [-0.1, -0.05) is 66.7 Å². The summed E-state index contributed by atoms with van der Waals surface area (Å²) >= 11 is 0. The molecule has 0 bridgehead atoms. The standard InChI is InChI=1S/C27H27N3O5S/c1-19-10-6-7-13-21(19)17-29(23(26(32)28-2)16-20-11-4-3-5-12-20)25(31)18-30-27(33)22-14-8-9-15-24(22)36(30,34)35/h3-15,23H,16-18H2,1-2H3,(H,28,32)/t23-/m0/s1. The molecule has 3 amide bonds. The number of nitrogens with one attached hydrogen (secondary N) is 1. The molecule has 3 aromatic carbocycles. The highest BCUT2D eigenvalue weighted by Gasteiger charge is 2.43. The van der Waals surface area contributed by atoms with E-state index in [-0.39, 0.29) is 29.3 Å². The molecule has 36 heavy (non-hydrogen) atoms. The Morgan fingerprint density at radius 3 is 2.25 bits per heavy atom. The molecular weight excluding hydrogens is 478 g/mol. The Hall–Kier alpha value is -3.98. The predicted molar refractivity (Wildman–Crippen MR) is 134 cm³/mol. The number of sulfonamides is 1. The Balaban J connectivity index is 1.71. The molecule has 1 atom stereocenters. The van der Waals surface area contributed by atoms with E-state index in [0.717, 1.165) is 16.7 Å². The van der Waals surface area contributed by atoms with Crippen molar-refractivity contribution >= 4 is 27.7 Å². The fourth-order valence-corrected chi connectivity index (χ4v) is 5.81. The monoisotopic (exact) mass is 505 g/mol. The van der Waals surface area contributed by atoms with Crippen molar-refractivity contribution in [2.75, 3.05) is 13.6 Å². The molecule has 0 unspecified atom stereocenters. The van der Waals surface area contributed by atoms with Crippen LogP contribution in [0, 0.1) is 6.92 Å². The van der Waals surface area contributed by atoms with Gasteiger partial charge in [-0.2, -0.15) is 0 Å². The van der Waals surface area contributed by atoms with Crippen LogP contribution in [0.4, 0.5) is 0 Å². The van der Waals surface area contributed by atoms with Crippen molar-refractivity contribution < 1.29 is 22.8 Å². The second-order valence-electron chi connectivity index (χ2n) is 8.58. The summed E-state index contributed by atoms with van der Waals surface area (Å²) in [6.07, 6.45) is 0.221. The number of nitrogens with zero attached hydrogens (tertiary/aromatic N) is 2. The van der Waals surface area contributed by atoms with Gasteiger partial charge in [0.15, 0.2) is 0 Å². The van der Waals surface area contributed by atoms with Crippen molar-refractivity contribution in [2.24, 2.45) is 0 Å². The van der Waals surface area contributed by atoms with Crippen LogP contribution in [0.15, 0.2) is 83.8 Å². The molecule has 1 aliphatic heterocycles. The summed E-state index contributed by atoms with van der Waals surface area (Å²) in [6.45, 7) is 1.27. The summed E-state index contributed by atoms with van der Waals surface area (Å²) in [5.41, 5.74) is 2.60. The molecule has 0 fully saturated rings. The average molecular weight is 506 g/mol. The summed E-state index contributed by atoms with van der Waals surface area (Å²) in [5, 5.41) is 2.62. The van der Waals surface area contributed by atoms with Crippen molar-refractivity contribution in [3.05, 3.63) is 101 Å². The minimum atomic E-state index is -4.18. The van der Waals surface area contributed by atoms with E-state index in [1.54, 1.807) is 6.07 Å². The molecule has 186 valence electrons. The first kappa shape index (κ1) is 25.1. The molecule has 1 heterocycles. The van der Waals surface area contributed by atoms with Crippen molar-refractivity contribution in [3.63, 3.8) is 0 Å². The zero-order chi connectivity index (χ0) is 25.9. The van der Waals surface area contributed by atoms with E-state index < -0.39 is 34.4 Å². The Morgan fingerprint density at radius 1 is 0.944 bits per heavy atom. The van der Waals surface area contributed by atoms with Gasteiger partial charge in [0.1, 0.15) is 17.5 Å². The van der Waals surface area contributed by atoms with E-state index in [4.69, 9.17) is 0 Å². The molecule has 1 aliphatic rings. The third kappa shape index (κ3) is 4.87. The minimum Gasteiger partial charge on any atom is -0.357 e. The first-order valence-electron chi connectivity index (χ1n) is 11.5. The molecular formula is C27H27N3O5S. The lowest BCUT2D eigenvalue weighted by Gasteiger charge is -2.32. The largest absolute Gasteiger partial charge is 0.357 e. The average Bonchev–Trinajstić information content (AvgIpc) is 3.08. The van der Waals surface area contributed by atoms with Gasteiger partial charge >= 0.3 is 0 Å². The summed E-state index contributed by atoms with van der Waals surface area (Å²) in [4.78, 5) is 40.9.